The van der Waals surface area contributed by atoms with E-state index in [4.69, 9.17) is 16.3 Å². The number of benzene rings is 1. The van der Waals surface area contributed by atoms with Gasteiger partial charge >= 0.3 is 0 Å². The van der Waals surface area contributed by atoms with Crippen molar-refractivity contribution in [2.45, 2.75) is 18.9 Å². The van der Waals surface area contributed by atoms with Crippen molar-refractivity contribution in [3.8, 4) is 0 Å². The minimum absolute atomic E-state index is 0.0102. The van der Waals surface area contributed by atoms with Gasteiger partial charge in [0.2, 0.25) is 0 Å². The summed E-state index contributed by atoms with van der Waals surface area (Å²) < 4.78 is 18.6. The second-order valence-electron chi connectivity index (χ2n) is 3.98. The Labute approximate surface area is 104 Å². The maximum Gasteiger partial charge on any atom is 0.254 e. The summed E-state index contributed by atoms with van der Waals surface area (Å²) in [5.74, 6) is -0.976. The summed E-state index contributed by atoms with van der Waals surface area (Å²) in [6.45, 7) is 1.26. The van der Waals surface area contributed by atoms with Gasteiger partial charge in [-0.15, -0.1) is 0 Å². The van der Waals surface area contributed by atoms with Gasteiger partial charge in [0, 0.05) is 24.3 Å². The molecule has 0 saturated carbocycles. The summed E-state index contributed by atoms with van der Waals surface area (Å²) in [5, 5.41) is 3.14. The molecule has 92 valence electrons. The maximum atomic E-state index is 13.4. The van der Waals surface area contributed by atoms with Crippen LogP contribution in [0.4, 0.5) is 4.39 Å². The van der Waals surface area contributed by atoms with Gasteiger partial charge in [-0.25, -0.2) is 4.39 Å². The van der Waals surface area contributed by atoms with Crippen molar-refractivity contribution >= 4 is 17.5 Å². The molecule has 1 aliphatic heterocycles. The fourth-order valence-electron chi connectivity index (χ4n) is 1.78. The first kappa shape index (κ1) is 12.3. The van der Waals surface area contributed by atoms with Crippen LogP contribution in [-0.2, 0) is 4.74 Å². The van der Waals surface area contributed by atoms with Crippen molar-refractivity contribution in [1.29, 1.82) is 0 Å². The van der Waals surface area contributed by atoms with Crippen molar-refractivity contribution < 1.29 is 13.9 Å². The van der Waals surface area contributed by atoms with Crippen molar-refractivity contribution in [2.75, 3.05) is 13.2 Å². The normalized spacial score (nSPS) is 16.8. The van der Waals surface area contributed by atoms with Crippen LogP contribution in [0.25, 0.3) is 0 Å². The Bertz CT molecular complexity index is 419. The molecule has 1 heterocycles. The number of hydrogen-bond donors (Lipinski definition) is 1. The molecule has 5 heteroatoms. The molecule has 1 aliphatic rings. The third-order valence-corrected chi connectivity index (χ3v) is 2.96. The molecular weight excluding hydrogens is 245 g/mol. The molecule has 0 radical (unpaired) electrons. The van der Waals surface area contributed by atoms with E-state index >= 15 is 0 Å². The summed E-state index contributed by atoms with van der Waals surface area (Å²) in [4.78, 5) is 11.8. The van der Waals surface area contributed by atoms with Gasteiger partial charge in [0.1, 0.15) is 5.82 Å². The lowest BCUT2D eigenvalue weighted by Crippen LogP contribution is -2.39. The molecule has 0 atom stereocenters. The number of rotatable bonds is 2. The Morgan fingerprint density at radius 2 is 2.12 bits per heavy atom. The zero-order chi connectivity index (χ0) is 12.3. The fraction of sp³-hybridized carbons (Fsp3) is 0.417. The Morgan fingerprint density at radius 3 is 2.82 bits per heavy atom. The third kappa shape index (κ3) is 3.17. The van der Waals surface area contributed by atoms with Crippen molar-refractivity contribution in [2.24, 2.45) is 0 Å². The van der Waals surface area contributed by atoms with Gasteiger partial charge < -0.3 is 10.1 Å². The van der Waals surface area contributed by atoms with Crippen LogP contribution in [0.3, 0.4) is 0 Å². The van der Waals surface area contributed by atoms with Gasteiger partial charge in [-0.1, -0.05) is 11.6 Å². The third-order valence-electron chi connectivity index (χ3n) is 2.73. The van der Waals surface area contributed by atoms with Crippen LogP contribution in [-0.4, -0.2) is 25.2 Å². The SMILES string of the molecule is O=C(NC1CCOCC1)c1cc(Cl)ccc1F. The topological polar surface area (TPSA) is 38.3 Å². The Morgan fingerprint density at radius 1 is 1.41 bits per heavy atom. The summed E-state index contributed by atoms with van der Waals surface area (Å²) in [5.41, 5.74) is -0.0102. The highest BCUT2D eigenvalue weighted by Crippen LogP contribution is 2.15. The molecule has 1 fully saturated rings. The lowest BCUT2D eigenvalue weighted by Gasteiger charge is -2.23. The van der Waals surface area contributed by atoms with E-state index in [-0.39, 0.29) is 11.6 Å². The minimum atomic E-state index is -0.557. The van der Waals surface area contributed by atoms with Gasteiger partial charge in [-0.05, 0) is 31.0 Å². The van der Waals surface area contributed by atoms with Crippen LogP contribution in [0.2, 0.25) is 5.02 Å². The predicted molar refractivity (Wildman–Crippen MR) is 62.7 cm³/mol. The highest BCUT2D eigenvalue weighted by Gasteiger charge is 2.19. The first-order chi connectivity index (χ1) is 8.16. The smallest absolute Gasteiger partial charge is 0.254 e. The average molecular weight is 258 g/mol. The molecule has 3 nitrogen and oxygen atoms in total. The molecule has 0 unspecified atom stereocenters. The van der Waals surface area contributed by atoms with Crippen LogP contribution < -0.4 is 5.32 Å². The second-order valence-corrected chi connectivity index (χ2v) is 4.42. The van der Waals surface area contributed by atoms with Crippen LogP contribution in [0.5, 0.6) is 0 Å². The van der Waals surface area contributed by atoms with E-state index in [1.165, 1.54) is 18.2 Å². The molecule has 0 aromatic heterocycles. The lowest BCUT2D eigenvalue weighted by atomic mass is 10.1. The van der Waals surface area contributed by atoms with E-state index in [0.29, 0.717) is 18.2 Å². The Kier molecular flexibility index (Phi) is 3.97. The van der Waals surface area contributed by atoms with E-state index in [0.717, 1.165) is 12.8 Å². The number of carbonyl (C=O) groups is 1. The van der Waals surface area contributed by atoms with Crippen LogP contribution in [0.15, 0.2) is 18.2 Å². The zero-order valence-electron chi connectivity index (χ0n) is 9.21. The first-order valence-corrected chi connectivity index (χ1v) is 5.88. The number of halogens is 2. The van der Waals surface area contributed by atoms with Gasteiger partial charge in [0.05, 0.1) is 5.56 Å². The molecule has 2 rings (SSSR count). The summed E-state index contributed by atoms with van der Waals surface area (Å²) in [6, 6.07) is 4.00. The van der Waals surface area contributed by atoms with Crippen LogP contribution >= 0.6 is 11.6 Å². The highest BCUT2D eigenvalue weighted by molar-refractivity contribution is 6.31. The van der Waals surface area contributed by atoms with Crippen LogP contribution in [0, 0.1) is 5.82 Å². The summed E-state index contributed by atoms with van der Waals surface area (Å²) >= 11 is 5.74. The maximum absolute atomic E-state index is 13.4. The summed E-state index contributed by atoms with van der Waals surface area (Å²) in [7, 11) is 0. The molecule has 0 spiro atoms. The minimum Gasteiger partial charge on any atom is -0.381 e. The molecule has 1 amide bonds. The monoisotopic (exact) mass is 257 g/mol. The molecule has 1 saturated heterocycles. The molecule has 1 aromatic carbocycles. The number of carbonyl (C=O) groups excluding carboxylic acids is 1. The molecule has 17 heavy (non-hydrogen) atoms. The van der Waals surface area contributed by atoms with E-state index in [9.17, 15) is 9.18 Å². The van der Waals surface area contributed by atoms with E-state index in [1.54, 1.807) is 0 Å². The average Bonchev–Trinajstić information content (AvgIpc) is 2.33. The van der Waals surface area contributed by atoms with E-state index in [1.807, 2.05) is 0 Å². The fourth-order valence-corrected chi connectivity index (χ4v) is 1.95. The number of nitrogens with one attached hydrogen (secondary N) is 1. The van der Waals surface area contributed by atoms with Gasteiger partial charge in [-0.3, -0.25) is 4.79 Å². The van der Waals surface area contributed by atoms with Crippen molar-refractivity contribution in [1.82, 2.24) is 5.32 Å². The summed E-state index contributed by atoms with van der Waals surface area (Å²) in [6.07, 6.45) is 1.52. The van der Waals surface area contributed by atoms with Crippen molar-refractivity contribution in [3.05, 3.63) is 34.6 Å². The second kappa shape index (κ2) is 5.47. The molecule has 1 N–H and O–H groups in total. The molecule has 1 aromatic rings. The van der Waals surface area contributed by atoms with Gasteiger partial charge in [0.15, 0.2) is 0 Å². The lowest BCUT2D eigenvalue weighted by molar-refractivity contribution is 0.0694. The van der Waals surface area contributed by atoms with Crippen molar-refractivity contribution in [3.63, 3.8) is 0 Å². The molecular formula is C12H13ClFNO2. The van der Waals surface area contributed by atoms with Gasteiger partial charge in [0.25, 0.3) is 5.91 Å². The number of ether oxygens (including phenoxy) is 1. The standard InChI is InChI=1S/C12H13ClFNO2/c13-8-1-2-11(14)10(7-8)12(16)15-9-3-5-17-6-4-9/h1-2,7,9H,3-6H2,(H,15,16). The van der Waals surface area contributed by atoms with E-state index in [2.05, 4.69) is 5.32 Å². The highest BCUT2D eigenvalue weighted by atomic mass is 35.5. The molecule has 0 aliphatic carbocycles. The zero-order valence-corrected chi connectivity index (χ0v) is 9.97. The number of amides is 1. The van der Waals surface area contributed by atoms with Crippen LogP contribution in [0.1, 0.15) is 23.2 Å². The van der Waals surface area contributed by atoms with E-state index < -0.39 is 11.7 Å². The first-order valence-electron chi connectivity index (χ1n) is 5.50. The number of hydrogen-bond acceptors (Lipinski definition) is 2. The van der Waals surface area contributed by atoms with Gasteiger partial charge in [-0.2, -0.15) is 0 Å². The Hall–Kier alpha value is -1.13. The quantitative estimate of drug-likeness (QED) is 0.884. The predicted octanol–water partition coefficient (Wildman–Crippen LogP) is 2.39. The largest absolute Gasteiger partial charge is 0.381 e. The molecule has 0 bridgehead atoms. The Balaban J connectivity index is 2.05.